The molecule has 1 aliphatic rings. The number of nitrogens with zero attached hydrogens (tertiary/aromatic N) is 3. The second-order valence-electron chi connectivity index (χ2n) is 3.68. The van der Waals surface area contributed by atoms with Crippen molar-refractivity contribution in [1.29, 1.82) is 0 Å². The standard InChI is InChI=1S/C9H16BrN3O2/c1-11(2)9(15)13-5-3-12(4-6-13)8(14)7-10/h3-7H2,1-2H3. The van der Waals surface area contributed by atoms with Gasteiger partial charge in [0.15, 0.2) is 0 Å². The van der Waals surface area contributed by atoms with Crippen LogP contribution in [0.2, 0.25) is 0 Å². The first kappa shape index (κ1) is 12.3. The van der Waals surface area contributed by atoms with Crippen LogP contribution in [0.3, 0.4) is 0 Å². The highest BCUT2D eigenvalue weighted by Gasteiger charge is 2.23. The largest absolute Gasteiger partial charge is 0.338 e. The number of piperazine rings is 1. The topological polar surface area (TPSA) is 43.9 Å². The Morgan fingerprint density at radius 1 is 1.13 bits per heavy atom. The summed E-state index contributed by atoms with van der Waals surface area (Å²) in [7, 11) is 3.47. The van der Waals surface area contributed by atoms with Crippen molar-refractivity contribution >= 4 is 27.9 Å². The Balaban J connectivity index is 2.42. The Bertz CT molecular complexity index is 250. The lowest BCUT2D eigenvalue weighted by Crippen LogP contribution is -2.53. The average Bonchev–Trinajstić information content (AvgIpc) is 2.27. The lowest BCUT2D eigenvalue weighted by molar-refractivity contribution is -0.129. The van der Waals surface area contributed by atoms with Gasteiger partial charge in [-0.05, 0) is 0 Å². The maximum Gasteiger partial charge on any atom is 0.319 e. The summed E-state index contributed by atoms with van der Waals surface area (Å²) in [5, 5.41) is 0.356. The van der Waals surface area contributed by atoms with E-state index in [-0.39, 0.29) is 11.9 Å². The molecule has 0 aromatic heterocycles. The third-order valence-electron chi connectivity index (χ3n) is 2.40. The zero-order valence-corrected chi connectivity index (χ0v) is 10.7. The van der Waals surface area contributed by atoms with Crippen molar-refractivity contribution in [3.63, 3.8) is 0 Å². The maximum absolute atomic E-state index is 11.6. The summed E-state index contributed by atoms with van der Waals surface area (Å²) < 4.78 is 0. The molecule has 86 valence electrons. The van der Waals surface area contributed by atoms with E-state index in [1.807, 2.05) is 0 Å². The molecule has 6 heteroatoms. The van der Waals surface area contributed by atoms with Crippen molar-refractivity contribution in [3.05, 3.63) is 0 Å². The molecule has 0 N–H and O–H groups in total. The van der Waals surface area contributed by atoms with Crippen LogP contribution >= 0.6 is 15.9 Å². The van der Waals surface area contributed by atoms with Crippen LogP contribution in [0.5, 0.6) is 0 Å². The summed E-state index contributed by atoms with van der Waals surface area (Å²) in [6, 6.07) is 0.0148. The van der Waals surface area contributed by atoms with Gasteiger partial charge in [-0.3, -0.25) is 4.79 Å². The quantitative estimate of drug-likeness (QED) is 0.643. The fourth-order valence-corrected chi connectivity index (χ4v) is 1.87. The second-order valence-corrected chi connectivity index (χ2v) is 4.24. The van der Waals surface area contributed by atoms with Gasteiger partial charge < -0.3 is 14.7 Å². The fourth-order valence-electron chi connectivity index (χ4n) is 1.51. The summed E-state index contributed by atoms with van der Waals surface area (Å²) in [6.07, 6.45) is 0. The van der Waals surface area contributed by atoms with Gasteiger partial charge in [-0.2, -0.15) is 0 Å². The molecule has 5 nitrogen and oxygen atoms in total. The van der Waals surface area contributed by atoms with Gasteiger partial charge in [0, 0.05) is 40.3 Å². The molecule has 0 saturated carbocycles. The predicted octanol–water partition coefficient (Wildman–Crippen LogP) is 0.207. The van der Waals surface area contributed by atoms with Crippen LogP contribution in [0, 0.1) is 0 Å². The van der Waals surface area contributed by atoms with Gasteiger partial charge in [-0.25, -0.2) is 4.79 Å². The molecule has 0 bridgehead atoms. The molecule has 1 rings (SSSR count). The van der Waals surface area contributed by atoms with E-state index in [9.17, 15) is 9.59 Å². The Morgan fingerprint density at radius 2 is 1.60 bits per heavy atom. The lowest BCUT2D eigenvalue weighted by Gasteiger charge is -2.35. The minimum atomic E-state index is 0.0148. The first-order valence-corrected chi connectivity index (χ1v) is 5.98. The van der Waals surface area contributed by atoms with Crippen molar-refractivity contribution in [3.8, 4) is 0 Å². The third-order valence-corrected chi connectivity index (χ3v) is 2.88. The molecule has 1 heterocycles. The number of carbonyl (C=O) groups is 2. The SMILES string of the molecule is CN(C)C(=O)N1CCN(C(=O)CBr)CC1. The van der Waals surface area contributed by atoms with E-state index in [2.05, 4.69) is 15.9 Å². The molecule has 15 heavy (non-hydrogen) atoms. The van der Waals surface area contributed by atoms with E-state index in [1.165, 1.54) is 0 Å². The highest BCUT2D eigenvalue weighted by atomic mass is 79.9. The molecule has 0 spiro atoms. The summed E-state index contributed by atoms with van der Waals surface area (Å²) in [5.41, 5.74) is 0. The van der Waals surface area contributed by atoms with E-state index < -0.39 is 0 Å². The van der Waals surface area contributed by atoms with Gasteiger partial charge in [-0.1, -0.05) is 15.9 Å². The van der Waals surface area contributed by atoms with Crippen molar-refractivity contribution in [2.45, 2.75) is 0 Å². The lowest BCUT2D eigenvalue weighted by atomic mass is 10.3. The first-order chi connectivity index (χ1) is 7.06. The van der Waals surface area contributed by atoms with Crippen LogP contribution in [0.25, 0.3) is 0 Å². The second kappa shape index (κ2) is 5.34. The Hall–Kier alpha value is -0.780. The Labute approximate surface area is 98.1 Å². The van der Waals surface area contributed by atoms with Crippen LogP contribution in [0.4, 0.5) is 4.79 Å². The fraction of sp³-hybridized carbons (Fsp3) is 0.778. The summed E-state index contributed by atoms with van der Waals surface area (Å²) in [5.74, 6) is 0.0898. The maximum atomic E-state index is 11.6. The Morgan fingerprint density at radius 3 is 2.00 bits per heavy atom. The molecule has 0 aromatic rings. The van der Waals surface area contributed by atoms with Gasteiger partial charge >= 0.3 is 6.03 Å². The normalized spacial score (nSPS) is 16.5. The van der Waals surface area contributed by atoms with Gasteiger partial charge in [0.1, 0.15) is 0 Å². The highest BCUT2D eigenvalue weighted by Crippen LogP contribution is 2.05. The van der Waals surface area contributed by atoms with Crippen LogP contribution in [0.15, 0.2) is 0 Å². The van der Waals surface area contributed by atoms with E-state index in [4.69, 9.17) is 0 Å². The molecular weight excluding hydrogens is 262 g/mol. The summed E-state index contributed by atoms with van der Waals surface area (Å²) in [4.78, 5) is 28.0. The molecule has 0 atom stereocenters. The number of hydrogen-bond donors (Lipinski definition) is 0. The highest BCUT2D eigenvalue weighted by molar-refractivity contribution is 9.09. The van der Waals surface area contributed by atoms with E-state index in [1.54, 1.807) is 28.8 Å². The smallest absolute Gasteiger partial charge is 0.319 e. The number of alkyl halides is 1. The Kier molecular flexibility index (Phi) is 4.38. The molecular formula is C9H16BrN3O2. The summed E-state index contributed by atoms with van der Waals surface area (Å²) in [6.45, 7) is 2.50. The molecule has 0 aromatic carbocycles. The van der Waals surface area contributed by atoms with Gasteiger partial charge in [-0.15, -0.1) is 0 Å². The molecule has 0 radical (unpaired) electrons. The first-order valence-electron chi connectivity index (χ1n) is 4.86. The zero-order chi connectivity index (χ0) is 11.4. The van der Waals surface area contributed by atoms with Gasteiger partial charge in [0.05, 0.1) is 5.33 Å². The monoisotopic (exact) mass is 277 g/mol. The van der Waals surface area contributed by atoms with E-state index in [0.717, 1.165) is 0 Å². The van der Waals surface area contributed by atoms with Crippen LogP contribution in [-0.4, -0.2) is 72.2 Å². The molecule has 1 aliphatic heterocycles. The van der Waals surface area contributed by atoms with E-state index in [0.29, 0.717) is 31.5 Å². The number of urea groups is 1. The molecule has 3 amide bonds. The van der Waals surface area contributed by atoms with Crippen LogP contribution in [0.1, 0.15) is 0 Å². The van der Waals surface area contributed by atoms with Crippen LogP contribution in [-0.2, 0) is 4.79 Å². The number of carbonyl (C=O) groups excluding carboxylic acids is 2. The van der Waals surface area contributed by atoms with Crippen molar-refractivity contribution in [2.75, 3.05) is 45.6 Å². The minimum absolute atomic E-state index is 0.0148. The minimum Gasteiger partial charge on any atom is -0.338 e. The summed E-state index contributed by atoms with van der Waals surface area (Å²) >= 11 is 3.14. The zero-order valence-electron chi connectivity index (χ0n) is 9.07. The van der Waals surface area contributed by atoms with Gasteiger partial charge in [0.25, 0.3) is 0 Å². The van der Waals surface area contributed by atoms with E-state index >= 15 is 0 Å². The average molecular weight is 278 g/mol. The van der Waals surface area contributed by atoms with Crippen molar-refractivity contribution in [1.82, 2.24) is 14.7 Å². The third kappa shape index (κ3) is 3.09. The van der Waals surface area contributed by atoms with Crippen molar-refractivity contribution < 1.29 is 9.59 Å². The molecule has 0 unspecified atom stereocenters. The molecule has 0 aliphatic carbocycles. The van der Waals surface area contributed by atoms with Gasteiger partial charge in [0.2, 0.25) is 5.91 Å². The van der Waals surface area contributed by atoms with Crippen molar-refractivity contribution in [2.24, 2.45) is 0 Å². The number of amides is 3. The number of rotatable bonds is 1. The molecule has 1 saturated heterocycles. The number of hydrogen-bond acceptors (Lipinski definition) is 2. The van der Waals surface area contributed by atoms with Crippen LogP contribution < -0.4 is 0 Å². The molecule has 1 fully saturated rings. The predicted molar refractivity (Wildman–Crippen MR) is 61.0 cm³/mol. The number of halogens is 1.